The van der Waals surface area contributed by atoms with E-state index in [4.69, 9.17) is 0 Å². The van der Waals surface area contributed by atoms with Crippen LogP contribution < -0.4 is 5.32 Å². The average Bonchev–Trinajstić information content (AvgIpc) is 2.53. The molecule has 1 aliphatic heterocycles. The summed E-state index contributed by atoms with van der Waals surface area (Å²) in [5.41, 5.74) is 0. The molecule has 5 heteroatoms. The van der Waals surface area contributed by atoms with Gasteiger partial charge in [-0.1, -0.05) is 20.8 Å². The van der Waals surface area contributed by atoms with Crippen molar-refractivity contribution in [3.8, 4) is 0 Å². The van der Waals surface area contributed by atoms with E-state index in [0.29, 0.717) is 17.7 Å². The van der Waals surface area contributed by atoms with Crippen molar-refractivity contribution in [2.45, 2.75) is 46.1 Å². The van der Waals surface area contributed by atoms with Gasteiger partial charge in [0.05, 0.1) is 5.75 Å². The Morgan fingerprint density at radius 3 is 2.74 bits per heavy atom. The molecule has 1 rings (SSSR count). The third-order valence-electron chi connectivity index (χ3n) is 3.69. The van der Waals surface area contributed by atoms with Crippen LogP contribution in [-0.2, 0) is 9.84 Å². The molecule has 1 atom stereocenters. The number of nitrogens with zero attached hydrogens (tertiary/aromatic N) is 1. The third-order valence-corrected chi connectivity index (χ3v) is 5.48. The fraction of sp³-hybridized carbons (Fsp3) is 1.00. The van der Waals surface area contributed by atoms with Crippen LogP contribution in [0.2, 0.25) is 0 Å². The Labute approximate surface area is 118 Å². The smallest absolute Gasteiger partial charge is 0.150 e. The molecule has 0 aliphatic carbocycles. The van der Waals surface area contributed by atoms with Crippen molar-refractivity contribution in [2.24, 2.45) is 5.92 Å². The van der Waals surface area contributed by atoms with Crippen LogP contribution in [0.15, 0.2) is 0 Å². The topological polar surface area (TPSA) is 49.4 Å². The standard InChI is InChI=1S/C14H30N2O2S/c1-4-19(17,18)10-6-9-16-8-5-7-15-14(12-16)11-13(2)3/h13-15H,4-12H2,1-3H3. The van der Waals surface area contributed by atoms with Crippen LogP contribution in [0, 0.1) is 5.92 Å². The molecule has 1 heterocycles. The van der Waals surface area contributed by atoms with E-state index >= 15 is 0 Å². The van der Waals surface area contributed by atoms with E-state index in [2.05, 4.69) is 24.1 Å². The summed E-state index contributed by atoms with van der Waals surface area (Å²) >= 11 is 0. The van der Waals surface area contributed by atoms with Gasteiger partial charge in [0.1, 0.15) is 9.84 Å². The maximum Gasteiger partial charge on any atom is 0.150 e. The first-order valence-corrected chi connectivity index (χ1v) is 9.41. The molecule has 0 bridgehead atoms. The van der Waals surface area contributed by atoms with E-state index in [-0.39, 0.29) is 5.75 Å². The maximum absolute atomic E-state index is 11.5. The van der Waals surface area contributed by atoms with Crippen LogP contribution in [0.1, 0.15) is 40.0 Å². The number of sulfone groups is 1. The molecular weight excluding hydrogens is 260 g/mol. The summed E-state index contributed by atoms with van der Waals surface area (Å²) in [7, 11) is -2.80. The van der Waals surface area contributed by atoms with Gasteiger partial charge < -0.3 is 10.2 Å². The predicted molar refractivity (Wildman–Crippen MR) is 81.2 cm³/mol. The van der Waals surface area contributed by atoms with Gasteiger partial charge in [-0.15, -0.1) is 0 Å². The minimum Gasteiger partial charge on any atom is -0.313 e. The zero-order valence-electron chi connectivity index (χ0n) is 12.7. The molecule has 114 valence electrons. The van der Waals surface area contributed by atoms with E-state index in [0.717, 1.165) is 39.0 Å². The number of hydrogen-bond donors (Lipinski definition) is 1. The molecule has 1 aliphatic rings. The summed E-state index contributed by atoms with van der Waals surface area (Å²) in [6.45, 7) is 10.4. The molecule has 0 saturated carbocycles. The Balaban J connectivity index is 2.35. The predicted octanol–water partition coefficient (Wildman–Crippen LogP) is 1.52. The van der Waals surface area contributed by atoms with Crippen LogP contribution in [0.5, 0.6) is 0 Å². The first-order valence-electron chi connectivity index (χ1n) is 7.59. The average molecular weight is 290 g/mol. The molecule has 1 N–H and O–H groups in total. The molecular formula is C14H30N2O2S. The van der Waals surface area contributed by atoms with Crippen LogP contribution >= 0.6 is 0 Å². The number of nitrogens with one attached hydrogen (secondary N) is 1. The number of hydrogen-bond acceptors (Lipinski definition) is 4. The van der Waals surface area contributed by atoms with Crippen molar-refractivity contribution >= 4 is 9.84 Å². The molecule has 0 aromatic heterocycles. The van der Waals surface area contributed by atoms with Crippen LogP contribution in [0.3, 0.4) is 0 Å². The van der Waals surface area contributed by atoms with E-state index in [1.54, 1.807) is 6.92 Å². The second-order valence-electron chi connectivity index (χ2n) is 6.02. The van der Waals surface area contributed by atoms with Crippen LogP contribution in [-0.4, -0.2) is 57.0 Å². The highest BCUT2D eigenvalue weighted by Crippen LogP contribution is 2.10. The summed E-state index contributed by atoms with van der Waals surface area (Å²) in [5, 5.41) is 3.60. The zero-order chi connectivity index (χ0) is 14.3. The molecule has 19 heavy (non-hydrogen) atoms. The highest BCUT2D eigenvalue weighted by Gasteiger charge is 2.18. The zero-order valence-corrected chi connectivity index (χ0v) is 13.5. The monoisotopic (exact) mass is 290 g/mol. The maximum atomic E-state index is 11.5. The second-order valence-corrected chi connectivity index (χ2v) is 8.50. The lowest BCUT2D eigenvalue weighted by Gasteiger charge is -2.25. The summed E-state index contributed by atoms with van der Waals surface area (Å²) in [4.78, 5) is 2.43. The van der Waals surface area contributed by atoms with Crippen LogP contribution in [0.4, 0.5) is 0 Å². The van der Waals surface area contributed by atoms with Gasteiger partial charge in [0.25, 0.3) is 0 Å². The SMILES string of the molecule is CCS(=O)(=O)CCCN1CCCNC(CC(C)C)C1. The molecule has 1 unspecified atom stereocenters. The van der Waals surface area contributed by atoms with Gasteiger partial charge in [-0.25, -0.2) is 8.42 Å². The highest BCUT2D eigenvalue weighted by atomic mass is 32.2. The van der Waals surface area contributed by atoms with Crippen molar-refractivity contribution in [3.63, 3.8) is 0 Å². The van der Waals surface area contributed by atoms with E-state index < -0.39 is 9.84 Å². The number of rotatable bonds is 7. The highest BCUT2D eigenvalue weighted by molar-refractivity contribution is 7.91. The molecule has 0 aromatic rings. The quantitative estimate of drug-likeness (QED) is 0.772. The van der Waals surface area contributed by atoms with E-state index in [1.807, 2.05) is 0 Å². The van der Waals surface area contributed by atoms with Gasteiger partial charge in [-0.2, -0.15) is 0 Å². The minimum atomic E-state index is -2.80. The first-order chi connectivity index (χ1) is 8.93. The van der Waals surface area contributed by atoms with Gasteiger partial charge in [0.2, 0.25) is 0 Å². The van der Waals surface area contributed by atoms with Gasteiger partial charge in [-0.05, 0) is 44.8 Å². The molecule has 4 nitrogen and oxygen atoms in total. The van der Waals surface area contributed by atoms with Crippen molar-refractivity contribution in [2.75, 3.05) is 37.7 Å². The largest absolute Gasteiger partial charge is 0.313 e. The Hall–Kier alpha value is -0.130. The molecule has 1 fully saturated rings. The van der Waals surface area contributed by atoms with Gasteiger partial charge >= 0.3 is 0 Å². The molecule has 0 amide bonds. The first kappa shape index (κ1) is 16.9. The summed E-state index contributed by atoms with van der Waals surface area (Å²) < 4.78 is 23.0. The second kappa shape index (κ2) is 8.22. The van der Waals surface area contributed by atoms with Crippen molar-refractivity contribution < 1.29 is 8.42 Å². The van der Waals surface area contributed by atoms with Gasteiger partial charge in [-0.3, -0.25) is 0 Å². The van der Waals surface area contributed by atoms with Crippen LogP contribution in [0.25, 0.3) is 0 Å². The van der Waals surface area contributed by atoms with Gasteiger partial charge in [0, 0.05) is 18.3 Å². The summed E-state index contributed by atoms with van der Waals surface area (Å²) in [6, 6.07) is 0.560. The van der Waals surface area contributed by atoms with Gasteiger partial charge in [0.15, 0.2) is 0 Å². The Bertz CT molecular complexity index is 341. The minimum absolute atomic E-state index is 0.268. The summed E-state index contributed by atoms with van der Waals surface area (Å²) in [5.74, 6) is 1.31. The Kier molecular flexibility index (Phi) is 7.32. The Morgan fingerprint density at radius 2 is 2.11 bits per heavy atom. The molecule has 1 saturated heterocycles. The Morgan fingerprint density at radius 1 is 1.37 bits per heavy atom. The lowest BCUT2D eigenvalue weighted by Crippen LogP contribution is -2.39. The lowest BCUT2D eigenvalue weighted by molar-refractivity contribution is 0.256. The van der Waals surface area contributed by atoms with E-state index in [1.165, 1.54) is 6.42 Å². The molecule has 0 spiro atoms. The lowest BCUT2D eigenvalue weighted by atomic mass is 10.0. The molecule has 0 radical (unpaired) electrons. The fourth-order valence-corrected chi connectivity index (χ4v) is 3.52. The molecule has 0 aromatic carbocycles. The summed E-state index contributed by atoms with van der Waals surface area (Å²) in [6.07, 6.45) is 3.13. The van der Waals surface area contributed by atoms with Crippen molar-refractivity contribution in [3.05, 3.63) is 0 Å². The normalized spacial score (nSPS) is 22.6. The van der Waals surface area contributed by atoms with E-state index in [9.17, 15) is 8.42 Å². The van der Waals surface area contributed by atoms with Crippen molar-refractivity contribution in [1.29, 1.82) is 0 Å². The third kappa shape index (κ3) is 7.28. The fourth-order valence-electron chi connectivity index (χ4n) is 2.66. The van der Waals surface area contributed by atoms with Crippen molar-refractivity contribution in [1.82, 2.24) is 10.2 Å².